The molecule has 19 heavy (non-hydrogen) atoms. The molecule has 5 heteroatoms. The van der Waals surface area contributed by atoms with Gasteiger partial charge in [0.05, 0.1) is 13.7 Å². The zero-order valence-corrected chi connectivity index (χ0v) is 11.9. The molecule has 0 radical (unpaired) electrons. The molecule has 1 aromatic heterocycles. The molecule has 5 nitrogen and oxygen atoms in total. The van der Waals surface area contributed by atoms with E-state index < -0.39 is 5.97 Å². The summed E-state index contributed by atoms with van der Waals surface area (Å²) in [5.41, 5.74) is 0. The normalized spacial score (nSPS) is 10.9. The van der Waals surface area contributed by atoms with Crippen molar-refractivity contribution < 1.29 is 18.7 Å². The van der Waals surface area contributed by atoms with Crippen molar-refractivity contribution in [3.05, 3.63) is 23.7 Å². The van der Waals surface area contributed by atoms with Gasteiger partial charge in [-0.25, -0.2) is 4.79 Å². The smallest absolute Gasteiger partial charge is 0.373 e. The van der Waals surface area contributed by atoms with Crippen LogP contribution in [0, 0.1) is 5.92 Å². The monoisotopic (exact) mass is 269 g/mol. The molecular formula is C14H23NO4. The quantitative estimate of drug-likeness (QED) is 0.550. The molecule has 0 atom stereocenters. The first-order chi connectivity index (χ1) is 9.13. The Morgan fingerprint density at radius 1 is 1.42 bits per heavy atom. The maximum atomic E-state index is 11.2. The van der Waals surface area contributed by atoms with Gasteiger partial charge in [0, 0.05) is 13.2 Å². The Balaban J connectivity index is 2.09. The molecule has 1 heterocycles. The van der Waals surface area contributed by atoms with Crippen LogP contribution in [-0.2, 0) is 16.0 Å². The van der Waals surface area contributed by atoms with Gasteiger partial charge in [0.25, 0.3) is 0 Å². The van der Waals surface area contributed by atoms with Crippen LogP contribution in [0.4, 0.5) is 0 Å². The summed E-state index contributed by atoms with van der Waals surface area (Å²) in [6.45, 7) is 7.28. The molecule has 0 amide bonds. The van der Waals surface area contributed by atoms with Gasteiger partial charge in [-0.05, 0) is 31.0 Å². The fraction of sp³-hybridized carbons (Fsp3) is 0.643. The van der Waals surface area contributed by atoms with E-state index in [0.717, 1.165) is 31.9 Å². The highest BCUT2D eigenvalue weighted by Crippen LogP contribution is 2.08. The summed E-state index contributed by atoms with van der Waals surface area (Å²) in [7, 11) is 1.33. The third kappa shape index (κ3) is 6.40. The molecule has 0 aliphatic carbocycles. The summed E-state index contributed by atoms with van der Waals surface area (Å²) >= 11 is 0. The van der Waals surface area contributed by atoms with Crippen molar-refractivity contribution in [1.82, 2.24) is 5.32 Å². The first-order valence-electron chi connectivity index (χ1n) is 6.59. The summed E-state index contributed by atoms with van der Waals surface area (Å²) in [4.78, 5) is 11.2. The first kappa shape index (κ1) is 15.7. The highest BCUT2D eigenvalue weighted by molar-refractivity contribution is 5.86. The van der Waals surface area contributed by atoms with E-state index >= 15 is 0 Å². The largest absolute Gasteiger partial charge is 0.463 e. The van der Waals surface area contributed by atoms with E-state index in [1.807, 2.05) is 0 Å². The van der Waals surface area contributed by atoms with Crippen molar-refractivity contribution in [2.24, 2.45) is 5.92 Å². The topological polar surface area (TPSA) is 60.7 Å². The van der Waals surface area contributed by atoms with Crippen molar-refractivity contribution in [3.8, 4) is 0 Å². The number of ether oxygens (including phenoxy) is 2. The van der Waals surface area contributed by atoms with Crippen molar-refractivity contribution in [2.75, 3.05) is 26.9 Å². The van der Waals surface area contributed by atoms with E-state index in [2.05, 4.69) is 23.9 Å². The number of hydrogen-bond donors (Lipinski definition) is 1. The third-order valence-corrected chi connectivity index (χ3v) is 2.44. The van der Waals surface area contributed by atoms with Crippen LogP contribution in [0.5, 0.6) is 0 Å². The Morgan fingerprint density at radius 3 is 2.89 bits per heavy atom. The highest BCUT2D eigenvalue weighted by Gasteiger charge is 2.10. The van der Waals surface area contributed by atoms with Crippen LogP contribution >= 0.6 is 0 Å². The number of rotatable bonds is 9. The van der Waals surface area contributed by atoms with Gasteiger partial charge >= 0.3 is 5.97 Å². The average molecular weight is 269 g/mol. The molecule has 0 aliphatic heterocycles. The van der Waals surface area contributed by atoms with Crippen molar-refractivity contribution >= 4 is 5.97 Å². The van der Waals surface area contributed by atoms with E-state index in [0.29, 0.717) is 12.5 Å². The molecule has 0 bridgehead atoms. The van der Waals surface area contributed by atoms with Crippen LogP contribution in [0.2, 0.25) is 0 Å². The molecule has 1 N–H and O–H groups in total. The fourth-order valence-corrected chi connectivity index (χ4v) is 1.51. The number of nitrogens with one attached hydrogen (secondary N) is 1. The van der Waals surface area contributed by atoms with Crippen molar-refractivity contribution in [1.29, 1.82) is 0 Å². The molecule has 0 aliphatic rings. The van der Waals surface area contributed by atoms with Crippen molar-refractivity contribution in [3.63, 3.8) is 0 Å². The summed E-state index contributed by atoms with van der Waals surface area (Å²) in [6.07, 6.45) is 0.956. The standard InChI is InChI=1S/C14H23NO4/c1-11(2)10-18-8-4-7-15-9-12-5-6-13(19-12)14(16)17-3/h5-6,11,15H,4,7-10H2,1-3H3. The Kier molecular flexibility index (Phi) is 7.22. The van der Waals surface area contributed by atoms with E-state index in [1.165, 1.54) is 7.11 Å². The first-order valence-corrected chi connectivity index (χ1v) is 6.59. The lowest BCUT2D eigenvalue weighted by molar-refractivity contribution is 0.0563. The van der Waals surface area contributed by atoms with Crippen LogP contribution in [-0.4, -0.2) is 32.8 Å². The summed E-state index contributed by atoms with van der Waals surface area (Å²) in [6, 6.07) is 3.39. The van der Waals surface area contributed by atoms with E-state index in [-0.39, 0.29) is 5.76 Å². The number of furan rings is 1. The minimum Gasteiger partial charge on any atom is -0.463 e. The van der Waals surface area contributed by atoms with Crippen LogP contribution in [0.25, 0.3) is 0 Å². The Hall–Kier alpha value is -1.33. The van der Waals surface area contributed by atoms with Gasteiger partial charge in [-0.15, -0.1) is 0 Å². The Labute approximate surface area is 114 Å². The average Bonchev–Trinajstić information content (AvgIpc) is 2.85. The second-order valence-electron chi connectivity index (χ2n) is 4.76. The summed E-state index contributed by atoms with van der Waals surface area (Å²) < 4.78 is 15.4. The molecule has 0 spiro atoms. The fourth-order valence-electron chi connectivity index (χ4n) is 1.51. The van der Waals surface area contributed by atoms with E-state index in [9.17, 15) is 4.79 Å². The van der Waals surface area contributed by atoms with E-state index in [1.54, 1.807) is 12.1 Å². The highest BCUT2D eigenvalue weighted by atomic mass is 16.5. The predicted octanol–water partition coefficient (Wildman–Crippen LogP) is 2.22. The lowest BCUT2D eigenvalue weighted by Crippen LogP contribution is -2.16. The van der Waals surface area contributed by atoms with Crippen molar-refractivity contribution in [2.45, 2.75) is 26.8 Å². The van der Waals surface area contributed by atoms with Crippen LogP contribution in [0.15, 0.2) is 16.5 Å². The van der Waals surface area contributed by atoms with Gasteiger partial charge in [-0.2, -0.15) is 0 Å². The minimum absolute atomic E-state index is 0.236. The van der Waals surface area contributed by atoms with Crippen LogP contribution in [0.1, 0.15) is 36.6 Å². The Bertz CT molecular complexity index is 373. The minimum atomic E-state index is -0.451. The molecule has 1 rings (SSSR count). The maximum Gasteiger partial charge on any atom is 0.373 e. The lowest BCUT2D eigenvalue weighted by atomic mass is 10.2. The number of carbonyl (C=O) groups is 1. The number of esters is 1. The van der Waals surface area contributed by atoms with E-state index in [4.69, 9.17) is 9.15 Å². The van der Waals surface area contributed by atoms with Gasteiger partial charge in [-0.3, -0.25) is 0 Å². The molecule has 0 saturated carbocycles. The number of carbonyl (C=O) groups excluding carboxylic acids is 1. The van der Waals surface area contributed by atoms with Gasteiger partial charge in [0.1, 0.15) is 5.76 Å². The van der Waals surface area contributed by atoms with Crippen LogP contribution < -0.4 is 5.32 Å². The molecule has 0 saturated heterocycles. The number of hydrogen-bond acceptors (Lipinski definition) is 5. The summed E-state index contributed by atoms with van der Waals surface area (Å²) in [5, 5.41) is 3.23. The second kappa shape index (κ2) is 8.72. The second-order valence-corrected chi connectivity index (χ2v) is 4.76. The third-order valence-electron chi connectivity index (χ3n) is 2.44. The van der Waals surface area contributed by atoms with Crippen LogP contribution in [0.3, 0.4) is 0 Å². The molecule has 0 unspecified atom stereocenters. The zero-order chi connectivity index (χ0) is 14.1. The molecular weight excluding hydrogens is 246 g/mol. The summed E-state index contributed by atoms with van der Waals surface area (Å²) in [5.74, 6) is 1.09. The molecule has 108 valence electrons. The Morgan fingerprint density at radius 2 is 2.21 bits per heavy atom. The molecule has 0 aromatic carbocycles. The zero-order valence-electron chi connectivity index (χ0n) is 11.9. The lowest BCUT2D eigenvalue weighted by Gasteiger charge is -2.06. The molecule has 0 fully saturated rings. The SMILES string of the molecule is COC(=O)c1ccc(CNCCCOCC(C)C)o1. The van der Waals surface area contributed by atoms with Gasteiger partial charge in [-0.1, -0.05) is 13.8 Å². The number of methoxy groups -OCH3 is 1. The van der Waals surface area contributed by atoms with Gasteiger partial charge in [0.2, 0.25) is 5.76 Å². The maximum absolute atomic E-state index is 11.2. The van der Waals surface area contributed by atoms with Gasteiger partial charge < -0.3 is 19.2 Å². The molecule has 1 aromatic rings. The predicted molar refractivity (Wildman–Crippen MR) is 72.0 cm³/mol. The van der Waals surface area contributed by atoms with Gasteiger partial charge in [0.15, 0.2) is 0 Å².